The molecule has 2 aromatic rings. The number of benzene rings is 2. The molecule has 118 valence electrons. The van der Waals surface area contributed by atoms with E-state index in [-0.39, 0.29) is 6.42 Å². The smallest absolute Gasteiger partial charge is 0.215 e. The van der Waals surface area contributed by atoms with Crippen molar-refractivity contribution in [3.8, 4) is 11.1 Å². The zero-order valence-electron chi connectivity index (χ0n) is 12.7. The number of nitrogens with two attached hydrogens (primary N) is 1. The largest absolute Gasteiger partial charge is 0.389 e. The van der Waals surface area contributed by atoms with Gasteiger partial charge in [0.1, 0.15) is 5.25 Å². The fourth-order valence-corrected chi connectivity index (χ4v) is 3.67. The van der Waals surface area contributed by atoms with Gasteiger partial charge in [-0.15, -0.1) is 0 Å². The van der Waals surface area contributed by atoms with E-state index in [4.69, 9.17) is 5.14 Å². The molecule has 0 aliphatic rings. The Balaban J connectivity index is 2.24. The molecule has 0 saturated carbocycles. The third-order valence-corrected chi connectivity index (χ3v) is 5.20. The molecule has 0 radical (unpaired) electrons. The molecule has 2 rings (SSSR count). The molecule has 0 amide bonds. The van der Waals surface area contributed by atoms with Gasteiger partial charge in [0, 0.05) is 0 Å². The molecule has 0 fully saturated rings. The Morgan fingerprint density at radius 3 is 1.95 bits per heavy atom. The highest BCUT2D eigenvalue weighted by molar-refractivity contribution is 7.89. The average molecular weight is 319 g/mol. The molecule has 1 unspecified atom stereocenters. The van der Waals surface area contributed by atoms with Crippen molar-refractivity contribution >= 4 is 10.0 Å². The Hall–Kier alpha value is -1.69. The maximum Gasteiger partial charge on any atom is 0.215 e. The van der Waals surface area contributed by atoms with Crippen LogP contribution in [-0.2, 0) is 16.4 Å². The number of hydrogen-bond acceptors (Lipinski definition) is 3. The lowest BCUT2D eigenvalue weighted by molar-refractivity contribution is 0.0748. The first-order chi connectivity index (χ1) is 10.2. The minimum Gasteiger partial charge on any atom is -0.389 e. The van der Waals surface area contributed by atoms with E-state index in [1.807, 2.05) is 54.6 Å². The Morgan fingerprint density at radius 1 is 1.00 bits per heavy atom. The first kappa shape index (κ1) is 16.7. The van der Waals surface area contributed by atoms with Crippen LogP contribution in [0.1, 0.15) is 19.4 Å². The van der Waals surface area contributed by atoms with Gasteiger partial charge < -0.3 is 5.11 Å². The van der Waals surface area contributed by atoms with Crippen molar-refractivity contribution in [3.63, 3.8) is 0 Å². The molecule has 0 aliphatic heterocycles. The second-order valence-electron chi connectivity index (χ2n) is 6.00. The van der Waals surface area contributed by atoms with Crippen LogP contribution in [0.15, 0.2) is 54.6 Å². The standard InChI is InChI=1S/C17H21NO3S/c1-17(2,19)16(22(18,20)21)12-13-8-10-15(11-9-13)14-6-4-3-5-7-14/h3-11,16,19H,12H2,1-2H3,(H2,18,20,21). The van der Waals surface area contributed by atoms with E-state index in [0.717, 1.165) is 16.7 Å². The minimum atomic E-state index is -3.83. The molecule has 0 spiro atoms. The van der Waals surface area contributed by atoms with Crippen molar-refractivity contribution in [2.24, 2.45) is 5.14 Å². The van der Waals surface area contributed by atoms with Crippen molar-refractivity contribution in [2.45, 2.75) is 31.1 Å². The number of rotatable bonds is 5. The van der Waals surface area contributed by atoms with Crippen LogP contribution < -0.4 is 5.14 Å². The summed E-state index contributed by atoms with van der Waals surface area (Å²) in [5.41, 5.74) is 1.58. The summed E-state index contributed by atoms with van der Waals surface area (Å²) in [6, 6.07) is 17.5. The van der Waals surface area contributed by atoms with Crippen molar-refractivity contribution in [3.05, 3.63) is 60.2 Å². The average Bonchev–Trinajstić information content (AvgIpc) is 2.44. The number of primary sulfonamides is 1. The maximum atomic E-state index is 11.7. The van der Waals surface area contributed by atoms with Gasteiger partial charge in [0.25, 0.3) is 0 Å². The van der Waals surface area contributed by atoms with Crippen LogP contribution in [0.4, 0.5) is 0 Å². The SMILES string of the molecule is CC(C)(O)C(Cc1ccc(-c2ccccc2)cc1)S(N)(=O)=O. The van der Waals surface area contributed by atoms with E-state index in [2.05, 4.69) is 0 Å². The quantitative estimate of drug-likeness (QED) is 0.887. The van der Waals surface area contributed by atoms with E-state index in [9.17, 15) is 13.5 Å². The molecule has 0 bridgehead atoms. The normalized spacial score (nSPS) is 13.8. The van der Waals surface area contributed by atoms with E-state index in [0.29, 0.717) is 0 Å². The van der Waals surface area contributed by atoms with Crippen molar-refractivity contribution in [2.75, 3.05) is 0 Å². The second-order valence-corrected chi connectivity index (χ2v) is 7.75. The zero-order valence-corrected chi connectivity index (χ0v) is 13.5. The molecule has 0 saturated heterocycles. The summed E-state index contributed by atoms with van der Waals surface area (Å²) in [6.07, 6.45) is 0.178. The maximum absolute atomic E-state index is 11.7. The Labute approximate surface area is 131 Å². The highest BCUT2D eigenvalue weighted by Gasteiger charge is 2.35. The summed E-state index contributed by atoms with van der Waals surface area (Å²) in [5, 5.41) is 14.3. The lowest BCUT2D eigenvalue weighted by Gasteiger charge is -2.27. The van der Waals surface area contributed by atoms with Gasteiger partial charge in [-0.2, -0.15) is 0 Å². The molecular weight excluding hydrogens is 298 g/mol. The fourth-order valence-electron chi connectivity index (χ4n) is 2.45. The first-order valence-electron chi connectivity index (χ1n) is 7.06. The van der Waals surface area contributed by atoms with Crippen LogP contribution in [0, 0.1) is 0 Å². The van der Waals surface area contributed by atoms with Gasteiger partial charge in [-0.25, -0.2) is 13.6 Å². The molecule has 5 heteroatoms. The van der Waals surface area contributed by atoms with Gasteiger partial charge in [-0.3, -0.25) is 0 Å². The minimum absolute atomic E-state index is 0.178. The molecule has 0 aliphatic carbocycles. The number of aliphatic hydroxyl groups is 1. The van der Waals surface area contributed by atoms with Gasteiger partial charge in [0.05, 0.1) is 5.60 Å². The number of hydrogen-bond donors (Lipinski definition) is 2. The van der Waals surface area contributed by atoms with Gasteiger partial charge in [-0.1, -0.05) is 54.6 Å². The van der Waals surface area contributed by atoms with Crippen molar-refractivity contribution in [1.29, 1.82) is 0 Å². The summed E-state index contributed by atoms with van der Waals surface area (Å²) in [4.78, 5) is 0. The molecule has 2 aromatic carbocycles. The highest BCUT2D eigenvalue weighted by atomic mass is 32.2. The third kappa shape index (κ3) is 4.16. The van der Waals surface area contributed by atoms with Crippen LogP contribution in [0.5, 0.6) is 0 Å². The van der Waals surface area contributed by atoms with Crippen molar-refractivity contribution in [1.82, 2.24) is 0 Å². The van der Waals surface area contributed by atoms with E-state index in [1.165, 1.54) is 13.8 Å². The molecule has 4 nitrogen and oxygen atoms in total. The number of sulfonamides is 1. The van der Waals surface area contributed by atoms with Crippen LogP contribution >= 0.6 is 0 Å². The van der Waals surface area contributed by atoms with Gasteiger partial charge in [-0.05, 0) is 37.0 Å². The van der Waals surface area contributed by atoms with Crippen LogP contribution in [-0.4, -0.2) is 24.4 Å². The zero-order chi connectivity index (χ0) is 16.4. The third-order valence-electron chi connectivity index (χ3n) is 3.67. The lowest BCUT2D eigenvalue weighted by Crippen LogP contribution is -2.46. The highest BCUT2D eigenvalue weighted by Crippen LogP contribution is 2.23. The molecule has 0 aromatic heterocycles. The van der Waals surface area contributed by atoms with Gasteiger partial charge in [0.15, 0.2) is 0 Å². The molecular formula is C17H21NO3S. The first-order valence-corrected chi connectivity index (χ1v) is 8.67. The van der Waals surface area contributed by atoms with E-state index >= 15 is 0 Å². The summed E-state index contributed by atoms with van der Waals surface area (Å²) in [6.45, 7) is 2.92. The second kappa shape index (κ2) is 6.20. The summed E-state index contributed by atoms with van der Waals surface area (Å²) < 4.78 is 23.4. The summed E-state index contributed by atoms with van der Waals surface area (Å²) >= 11 is 0. The van der Waals surface area contributed by atoms with E-state index in [1.54, 1.807) is 0 Å². The Kier molecular flexibility index (Phi) is 4.70. The summed E-state index contributed by atoms with van der Waals surface area (Å²) in [5.74, 6) is 0. The van der Waals surface area contributed by atoms with Crippen LogP contribution in [0.2, 0.25) is 0 Å². The van der Waals surface area contributed by atoms with Crippen LogP contribution in [0.3, 0.4) is 0 Å². The Bertz CT molecular complexity index is 717. The topological polar surface area (TPSA) is 80.4 Å². The van der Waals surface area contributed by atoms with E-state index < -0.39 is 20.9 Å². The Morgan fingerprint density at radius 2 is 1.50 bits per heavy atom. The molecule has 0 heterocycles. The van der Waals surface area contributed by atoms with Crippen molar-refractivity contribution < 1.29 is 13.5 Å². The molecule has 22 heavy (non-hydrogen) atoms. The molecule has 3 N–H and O–H groups in total. The van der Waals surface area contributed by atoms with Gasteiger partial charge >= 0.3 is 0 Å². The van der Waals surface area contributed by atoms with Gasteiger partial charge in [0.2, 0.25) is 10.0 Å². The predicted octanol–water partition coefficient (Wildman–Crippen LogP) is 2.32. The monoisotopic (exact) mass is 319 g/mol. The van der Waals surface area contributed by atoms with Crippen LogP contribution in [0.25, 0.3) is 11.1 Å². The lowest BCUT2D eigenvalue weighted by atomic mass is 9.96. The summed E-state index contributed by atoms with van der Waals surface area (Å²) in [7, 11) is -3.83. The molecule has 1 atom stereocenters. The predicted molar refractivity (Wildman–Crippen MR) is 88.8 cm³/mol. The fraction of sp³-hybridized carbons (Fsp3) is 0.294.